The predicted octanol–water partition coefficient (Wildman–Crippen LogP) is 5.38. The van der Waals surface area contributed by atoms with E-state index in [1.54, 1.807) is 11.1 Å². The van der Waals surface area contributed by atoms with E-state index in [1.165, 1.54) is 63.4 Å². The summed E-state index contributed by atoms with van der Waals surface area (Å²) in [7, 11) is 0. The average molecular weight is 240 g/mol. The minimum Gasteiger partial charge on any atom is -0.0696 e. The first-order valence-corrected chi connectivity index (χ1v) is 7.69. The molecule has 2 aliphatic carbocycles. The Labute approximate surface area is 111 Å². The summed E-state index contributed by atoms with van der Waals surface area (Å²) < 4.78 is 0. The maximum Gasteiger partial charge on any atom is -0.0225 e. The maximum atomic E-state index is 2.48. The first-order valence-electron chi connectivity index (χ1n) is 7.69. The fraction of sp³-hybridized carbons (Fsp3) is 0.556. The number of fused-ring (bicyclic) bond motifs is 1. The van der Waals surface area contributed by atoms with Gasteiger partial charge in [0.25, 0.3) is 0 Å². The Morgan fingerprint density at radius 1 is 0.944 bits per heavy atom. The Hall–Kier alpha value is -1.04. The van der Waals surface area contributed by atoms with Crippen LogP contribution in [0.1, 0.15) is 62.5 Å². The molecule has 0 bridgehead atoms. The molecule has 2 aliphatic rings. The Kier molecular flexibility index (Phi) is 3.83. The van der Waals surface area contributed by atoms with Crippen molar-refractivity contribution in [1.29, 1.82) is 0 Å². The van der Waals surface area contributed by atoms with Crippen LogP contribution in [0, 0.1) is 5.92 Å². The standard InChI is InChI=1S/C18H24/c1-2-7-15(6-1)12-13-16-8-5-11-17-9-3-4-10-18(17)14-16/h3-4,9-10,14-15H,1-2,5-8,11-13H2. The molecule has 1 aromatic rings. The minimum absolute atomic E-state index is 1.03. The van der Waals surface area contributed by atoms with Gasteiger partial charge in [0.2, 0.25) is 0 Å². The predicted molar refractivity (Wildman–Crippen MR) is 78.5 cm³/mol. The van der Waals surface area contributed by atoms with E-state index in [-0.39, 0.29) is 0 Å². The highest BCUT2D eigenvalue weighted by Crippen LogP contribution is 2.32. The van der Waals surface area contributed by atoms with Crippen LogP contribution in [0.25, 0.3) is 6.08 Å². The zero-order valence-corrected chi connectivity index (χ0v) is 11.3. The third-order valence-electron chi connectivity index (χ3n) is 4.71. The van der Waals surface area contributed by atoms with Crippen LogP contribution in [0.3, 0.4) is 0 Å². The van der Waals surface area contributed by atoms with Crippen LogP contribution in [0.4, 0.5) is 0 Å². The van der Waals surface area contributed by atoms with E-state index in [0.29, 0.717) is 0 Å². The lowest BCUT2D eigenvalue weighted by atomic mass is 9.96. The summed E-state index contributed by atoms with van der Waals surface area (Å²) in [5.74, 6) is 1.03. The molecule has 0 aromatic heterocycles. The van der Waals surface area contributed by atoms with Crippen molar-refractivity contribution in [2.75, 3.05) is 0 Å². The second-order valence-electron chi connectivity index (χ2n) is 6.04. The molecule has 1 saturated carbocycles. The molecule has 18 heavy (non-hydrogen) atoms. The van der Waals surface area contributed by atoms with Gasteiger partial charge in [-0.15, -0.1) is 0 Å². The molecule has 0 heterocycles. The molecule has 3 rings (SSSR count). The van der Waals surface area contributed by atoms with E-state index in [1.807, 2.05) is 0 Å². The molecule has 0 amide bonds. The van der Waals surface area contributed by atoms with Gasteiger partial charge in [-0.1, -0.05) is 61.6 Å². The zero-order valence-electron chi connectivity index (χ0n) is 11.3. The van der Waals surface area contributed by atoms with Crippen molar-refractivity contribution in [3.05, 3.63) is 41.0 Å². The van der Waals surface area contributed by atoms with Crippen LogP contribution in [-0.4, -0.2) is 0 Å². The van der Waals surface area contributed by atoms with Crippen LogP contribution in [0.2, 0.25) is 0 Å². The summed E-state index contributed by atoms with van der Waals surface area (Å²) >= 11 is 0. The van der Waals surface area contributed by atoms with Crippen molar-refractivity contribution in [1.82, 2.24) is 0 Å². The Balaban J connectivity index is 1.66. The summed E-state index contributed by atoms with van der Waals surface area (Å²) in [4.78, 5) is 0. The molecule has 96 valence electrons. The van der Waals surface area contributed by atoms with Crippen molar-refractivity contribution in [3.8, 4) is 0 Å². The minimum atomic E-state index is 1.03. The van der Waals surface area contributed by atoms with Crippen LogP contribution in [0.15, 0.2) is 29.8 Å². The number of hydrogen-bond donors (Lipinski definition) is 0. The van der Waals surface area contributed by atoms with Crippen molar-refractivity contribution < 1.29 is 0 Å². The van der Waals surface area contributed by atoms with Gasteiger partial charge in [-0.3, -0.25) is 0 Å². The smallest absolute Gasteiger partial charge is 0.0225 e. The van der Waals surface area contributed by atoms with Gasteiger partial charge in [0.05, 0.1) is 0 Å². The first-order chi connectivity index (χ1) is 8.92. The highest BCUT2D eigenvalue weighted by molar-refractivity contribution is 5.57. The Bertz CT molecular complexity index is 421. The second kappa shape index (κ2) is 5.73. The van der Waals surface area contributed by atoms with E-state index < -0.39 is 0 Å². The average Bonchev–Trinajstić information content (AvgIpc) is 2.82. The fourth-order valence-corrected chi connectivity index (χ4v) is 3.59. The molecular weight excluding hydrogens is 216 g/mol. The van der Waals surface area contributed by atoms with Crippen molar-refractivity contribution in [2.45, 2.75) is 57.8 Å². The number of hydrogen-bond acceptors (Lipinski definition) is 0. The molecule has 1 aromatic carbocycles. The lowest BCUT2D eigenvalue weighted by molar-refractivity contribution is 0.499. The number of allylic oxidation sites excluding steroid dienone is 1. The van der Waals surface area contributed by atoms with E-state index >= 15 is 0 Å². The van der Waals surface area contributed by atoms with E-state index in [9.17, 15) is 0 Å². The topological polar surface area (TPSA) is 0 Å². The van der Waals surface area contributed by atoms with Gasteiger partial charge >= 0.3 is 0 Å². The molecule has 0 nitrogen and oxygen atoms in total. The highest BCUT2D eigenvalue weighted by Gasteiger charge is 2.16. The van der Waals surface area contributed by atoms with Crippen molar-refractivity contribution >= 4 is 6.08 Å². The third-order valence-corrected chi connectivity index (χ3v) is 4.71. The molecule has 0 unspecified atom stereocenters. The lowest BCUT2D eigenvalue weighted by Gasteiger charge is -2.10. The third kappa shape index (κ3) is 2.85. The molecule has 0 spiro atoms. The van der Waals surface area contributed by atoms with Gasteiger partial charge in [0.15, 0.2) is 0 Å². The van der Waals surface area contributed by atoms with Crippen LogP contribution in [-0.2, 0) is 6.42 Å². The van der Waals surface area contributed by atoms with Crippen LogP contribution >= 0.6 is 0 Å². The van der Waals surface area contributed by atoms with E-state index in [0.717, 1.165) is 5.92 Å². The molecule has 0 heteroatoms. The summed E-state index contributed by atoms with van der Waals surface area (Å²) in [5.41, 5.74) is 4.73. The van der Waals surface area contributed by atoms with Gasteiger partial charge in [-0.2, -0.15) is 0 Å². The molecule has 0 saturated heterocycles. The van der Waals surface area contributed by atoms with E-state index in [4.69, 9.17) is 0 Å². The summed E-state index contributed by atoms with van der Waals surface area (Å²) in [6, 6.07) is 8.94. The van der Waals surface area contributed by atoms with Gasteiger partial charge in [0, 0.05) is 0 Å². The van der Waals surface area contributed by atoms with Gasteiger partial charge in [-0.25, -0.2) is 0 Å². The number of aryl methyl sites for hydroxylation is 1. The van der Waals surface area contributed by atoms with Gasteiger partial charge < -0.3 is 0 Å². The molecule has 1 fully saturated rings. The molecular formula is C18H24. The number of benzene rings is 1. The fourth-order valence-electron chi connectivity index (χ4n) is 3.59. The largest absolute Gasteiger partial charge is 0.0696 e. The van der Waals surface area contributed by atoms with Crippen molar-refractivity contribution in [2.24, 2.45) is 5.92 Å². The summed E-state index contributed by atoms with van der Waals surface area (Å²) in [6.07, 6.45) is 15.1. The SMILES string of the molecule is C1=C(CCC2CCCC2)CCCc2ccccc21. The molecule has 0 radical (unpaired) electrons. The monoisotopic (exact) mass is 240 g/mol. The molecule has 0 atom stereocenters. The quantitative estimate of drug-likeness (QED) is 0.665. The van der Waals surface area contributed by atoms with Crippen molar-refractivity contribution in [3.63, 3.8) is 0 Å². The first kappa shape index (κ1) is 12.0. The van der Waals surface area contributed by atoms with E-state index in [2.05, 4.69) is 30.3 Å². The second-order valence-corrected chi connectivity index (χ2v) is 6.04. The summed E-state index contributed by atoms with van der Waals surface area (Å²) in [5, 5.41) is 0. The molecule has 0 aliphatic heterocycles. The highest BCUT2D eigenvalue weighted by atomic mass is 14.2. The Morgan fingerprint density at radius 3 is 2.67 bits per heavy atom. The summed E-state index contributed by atoms with van der Waals surface area (Å²) in [6.45, 7) is 0. The number of rotatable bonds is 3. The van der Waals surface area contributed by atoms with Crippen LogP contribution in [0.5, 0.6) is 0 Å². The molecule has 0 N–H and O–H groups in total. The van der Waals surface area contributed by atoms with Gasteiger partial charge in [-0.05, 0) is 49.1 Å². The Morgan fingerprint density at radius 2 is 1.78 bits per heavy atom. The maximum absolute atomic E-state index is 2.48. The normalized spacial score (nSPS) is 20.3. The van der Waals surface area contributed by atoms with Crippen LogP contribution < -0.4 is 0 Å². The lowest BCUT2D eigenvalue weighted by Crippen LogP contribution is -1.94. The van der Waals surface area contributed by atoms with Gasteiger partial charge in [0.1, 0.15) is 0 Å². The zero-order chi connectivity index (χ0) is 12.2.